The van der Waals surface area contributed by atoms with Crippen LogP contribution >= 0.6 is 0 Å². The first kappa shape index (κ1) is 42.8. The summed E-state index contributed by atoms with van der Waals surface area (Å²) in [7, 11) is 0. The lowest BCUT2D eigenvalue weighted by Gasteiger charge is -2.29. The highest BCUT2D eigenvalue weighted by Gasteiger charge is 2.37. The van der Waals surface area contributed by atoms with Crippen molar-refractivity contribution in [1.82, 2.24) is 15.0 Å². The molecule has 0 aliphatic rings. The number of ether oxygens (including phenoxy) is 2. The lowest BCUT2D eigenvalue weighted by atomic mass is 9.96. The second-order valence-electron chi connectivity index (χ2n) is 16.1. The number of carbonyl (C=O) groups is 1. The van der Waals surface area contributed by atoms with Crippen LogP contribution in [0, 0.1) is 5.92 Å². The molecule has 0 radical (unpaired) electrons. The molecule has 7 nitrogen and oxygen atoms in total. The van der Waals surface area contributed by atoms with E-state index >= 15 is 0 Å². The Morgan fingerprint density at radius 3 is 1.63 bits per heavy atom. The van der Waals surface area contributed by atoms with Crippen LogP contribution in [0.2, 0.25) is 0 Å². The van der Waals surface area contributed by atoms with Gasteiger partial charge in [-0.2, -0.15) is 0 Å². The van der Waals surface area contributed by atoms with Crippen molar-refractivity contribution in [3.8, 4) is 67.9 Å². The molecule has 6 aromatic rings. The maximum absolute atomic E-state index is 13.7. The number of carbonyl (C=O) groups excluding carboxylic acids is 1. The first-order valence-electron chi connectivity index (χ1n) is 21.5. The van der Waals surface area contributed by atoms with Crippen LogP contribution in [0.15, 0.2) is 127 Å². The minimum absolute atomic E-state index is 0.0656. The van der Waals surface area contributed by atoms with E-state index in [1.807, 2.05) is 60.7 Å². The van der Waals surface area contributed by atoms with E-state index in [0.29, 0.717) is 47.7 Å². The van der Waals surface area contributed by atoms with E-state index in [2.05, 4.69) is 69.3 Å². The summed E-state index contributed by atoms with van der Waals surface area (Å²) >= 11 is 0. The average molecular weight is 790 g/mol. The van der Waals surface area contributed by atoms with Gasteiger partial charge in [0.1, 0.15) is 11.5 Å². The van der Waals surface area contributed by atoms with E-state index in [4.69, 9.17) is 24.4 Å². The summed E-state index contributed by atoms with van der Waals surface area (Å²) < 4.78 is 12.3. The Balaban J connectivity index is 1.27. The third kappa shape index (κ3) is 12.1. The van der Waals surface area contributed by atoms with E-state index in [1.165, 1.54) is 19.3 Å². The number of aromatic nitrogens is 3. The first-order valence-corrected chi connectivity index (χ1v) is 21.5. The predicted octanol–water partition coefficient (Wildman–Crippen LogP) is 13.6. The fraction of sp³-hybridized carbons (Fsp3) is 0.346. The lowest BCUT2D eigenvalue weighted by Crippen LogP contribution is -2.43. The second kappa shape index (κ2) is 21.3. The molecule has 0 bridgehead atoms. The van der Waals surface area contributed by atoms with Crippen LogP contribution in [0.5, 0.6) is 11.5 Å². The van der Waals surface area contributed by atoms with Gasteiger partial charge in [0, 0.05) is 17.2 Å². The molecule has 1 atom stereocenters. The van der Waals surface area contributed by atoms with Gasteiger partial charge in [-0.15, -0.1) is 0 Å². The lowest BCUT2D eigenvalue weighted by molar-refractivity contribution is -0.161. The fourth-order valence-electron chi connectivity index (χ4n) is 7.25. The van der Waals surface area contributed by atoms with E-state index in [0.717, 1.165) is 78.3 Å². The number of nitrogens with zero attached hydrogens (tertiary/aromatic N) is 3. The van der Waals surface area contributed by atoms with E-state index in [-0.39, 0.29) is 11.7 Å². The molecule has 0 amide bonds. The molecule has 1 N–H and O–H groups in total. The summed E-state index contributed by atoms with van der Waals surface area (Å²) in [4.78, 5) is 28.4. The topological polar surface area (TPSA) is 94.4 Å². The summed E-state index contributed by atoms with van der Waals surface area (Å²) in [5, 5.41) is 11.6. The molecule has 6 rings (SSSR count). The van der Waals surface area contributed by atoms with Crippen molar-refractivity contribution in [3.05, 3.63) is 127 Å². The number of unbranched alkanes of at least 4 members (excludes halogenated alkanes) is 7. The molecule has 5 aromatic carbocycles. The molecule has 7 heteroatoms. The minimum atomic E-state index is -1.21. The summed E-state index contributed by atoms with van der Waals surface area (Å²) in [6.45, 7) is 8.84. The van der Waals surface area contributed by atoms with Gasteiger partial charge in [0.15, 0.2) is 17.5 Å². The van der Waals surface area contributed by atoms with Gasteiger partial charge < -0.3 is 14.6 Å². The van der Waals surface area contributed by atoms with Gasteiger partial charge in [-0.1, -0.05) is 181 Å². The van der Waals surface area contributed by atoms with Gasteiger partial charge in [0.25, 0.3) is 0 Å². The third-order valence-corrected chi connectivity index (χ3v) is 10.8. The van der Waals surface area contributed by atoms with Gasteiger partial charge in [0.2, 0.25) is 5.60 Å². The van der Waals surface area contributed by atoms with Gasteiger partial charge >= 0.3 is 5.97 Å². The summed E-state index contributed by atoms with van der Waals surface area (Å²) in [5.41, 5.74) is 5.26. The van der Waals surface area contributed by atoms with E-state index in [9.17, 15) is 9.90 Å². The Labute approximate surface area is 350 Å². The zero-order chi connectivity index (χ0) is 41.5. The number of hydrogen-bond donors (Lipinski definition) is 1. The molecule has 0 saturated heterocycles. The van der Waals surface area contributed by atoms with Crippen molar-refractivity contribution < 1.29 is 19.4 Å². The Kier molecular flexibility index (Phi) is 15.4. The van der Waals surface area contributed by atoms with Gasteiger partial charge in [0.05, 0.1) is 12.2 Å². The van der Waals surface area contributed by atoms with Crippen LogP contribution in [0.25, 0.3) is 56.4 Å². The smallest absolute Gasteiger partial charge is 0.350 e. The summed E-state index contributed by atoms with van der Waals surface area (Å²) in [6, 6.07) is 41.8. The van der Waals surface area contributed by atoms with Crippen molar-refractivity contribution in [1.29, 1.82) is 0 Å². The number of aromatic hydroxyl groups is 1. The normalized spacial score (nSPS) is 12.3. The molecule has 0 aliphatic carbocycles. The Hall–Kier alpha value is -5.82. The fourth-order valence-corrected chi connectivity index (χ4v) is 7.25. The molecule has 59 heavy (non-hydrogen) atoms. The molecular weight excluding hydrogens is 731 g/mol. The highest BCUT2D eigenvalue weighted by molar-refractivity contribution is 5.80. The van der Waals surface area contributed by atoms with Crippen molar-refractivity contribution >= 4 is 5.97 Å². The monoisotopic (exact) mass is 789 g/mol. The highest BCUT2D eigenvalue weighted by atomic mass is 16.6. The Morgan fingerprint density at radius 2 is 1.08 bits per heavy atom. The van der Waals surface area contributed by atoms with Crippen LogP contribution in [-0.4, -0.2) is 38.2 Å². The average Bonchev–Trinajstić information content (AvgIpc) is 3.26. The Morgan fingerprint density at radius 1 is 0.593 bits per heavy atom. The molecule has 0 aliphatic heterocycles. The third-order valence-electron chi connectivity index (χ3n) is 10.8. The molecular formula is C52H59N3O4. The van der Waals surface area contributed by atoms with Crippen molar-refractivity contribution in [2.75, 3.05) is 6.61 Å². The number of phenolic OH excluding ortho intramolecular Hbond substituents is 1. The molecule has 1 unspecified atom stereocenters. The maximum atomic E-state index is 13.7. The molecule has 0 saturated carbocycles. The van der Waals surface area contributed by atoms with Crippen LogP contribution in [0.1, 0.15) is 98.3 Å². The second-order valence-corrected chi connectivity index (χ2v) is 16.1. The van der Waals surface area contributed by atoms with Gasteiger partial charge in [-0.05, 0) is 66.5 Å². The van der Waals surface area contributed by atoms with Crippen molar-refractivity contribution in [2.24, 2.45) is 5.92 Å². The molecule has 0 fully saturated rings. The maximum Gasteiger partial charge on any atom is 0.350 e. The van der Waals surface area contributed by atoms with Crippen molar-refractivity contribution in [2.45, 2.75) is 104 Å². The zero-order valence-electron chi connectivity index (χ0n) is 35.2. The molecule has 306 valence electrons. The summed E-state index contributed by atoms with van der Waals surface area (Å²) in [6.07, 6.45) is 11.2. The van der Waals surface area contributed by atoms with Gasteiger partial charge in [-0.3, -0.25) is 0 Å². The largest absolute Gasteiger partial charge is 0.507 e. The standard InChI is InChI=1S/C52H59N3O4/c1-5-6-7-8-9-19-36-58-51(57)52(4,35-18-12-13-20-38(2)3)59-45-33-34-46(47(56)37-45)50-54-48(43-29-25-41(26-30-43)39-21-14-10-15-22-39)53-49(55-50)44-31-27-42(28-32-44)40-23-16-11-17-24-40/h10-11,14-17,21-34,37-38,56H,5-9,12-13,18-20,35-36H2,1-4H3. The SMILES string of the molecule is CCCCCCCCOC(=O)C(C)(CCCCCC(C)C)Oc1ccc(-c2nc(-c3ccc(-c4ccccc4)cc3)nc(-c3ccc(-c4ccccc4)cc3)n2)c(O)c1. The van der Waals surface area contributed by atoms with Crippen molar-refractivity contribution in [3.63, 3.8) is 0 Å². The van der Waals surface area contributed by atoms with Crippen LogP contribution in [0.3, 0.4) is 0 Å². The van der Waals surface area contributed by atoms with E-state index < -0.39 is 5.60 Å². The predicted molar refractivity (Wildman–Crippen MR) is 240 cm³/mol. The van der Waals surface area contributed by atoms with E-state index in [1.54, 1.807) is 25.1 Å². The quantitative estimate of drug-likeness (QED) is 0.0573. The minimum Gasteiger partial charge on any atom is -0.507 e. The number of esters is 1. The number of phenols is 1. The zero-order valence-corrected chi connectivity index (χ0v) is 35.2. The van der Waals surface area contributed by atoms with Gasteiger partial charge in [-0.25, -0.2) is 19.7 Å². The molecule has 1 heterocycles. The van der Waals surface area contributed by atoms with Crippen LogP contribution in [0.4, 0.5) is 0 Å². The summed E-state index contributed by atoms with van der Waals surface area (Å²) in [5.74, 6) is 1.85. The van der Waals surface area contributed by atoms with Crippen LogP contribution in [-0.2, 0) is 9.53 Å². The Bertz CT molecular complexity index is 2110. The number of hydrogen-bond acceptors (Lipinski definition) is 7. The van der Waals surface area contributed by atoms with Crippen LogP contribution < -0.4 is 4.74 Å². The number of benzene rings is 5. The molecule has 1 aromatic heterocycles. The highest BCUT2D eigenvalue weighted by Crippen LogP contribution is 2.36. The molecule has 0 spiro atoms. The first-order chi connectivity index (χ1) is 28.7. The number of rotatable bonds is 21.